The van der Waals surface area contributed by atoms with Gasteiger partial charge in [-0.1, -0.05) is 6.07 Å². The molecule has 4 heteroatoms. The average Bonchev–Trinajstić information content (AvgIpc) is 2.16. The number of nitrogens with zero attached hydrogens (tertiary/aromatic N) is 1. The zero-order chi connectivity index (χ0) is 9.84. The van der Waals surface area contributed by atoms with Gasteiger partial charge in [0, 0.05) is 18.8 Å². The molecule has 1 aromatic carbocycles. The maximum atomic E-state index is 5.48. The second-order valence-corrected chi connectivity index (χ2v) is 3.02. The number of hydrogen-bond donors (Lipinski definition) is 1. The first-order chi connectivity index (χ1) is 6.15. The van der Waals surface area contributed by atoms with Crippen LogP contribution in [0.2, 0.25) is 0 Å². The zero-order valence-corrected chi connectivity index (χ0v) is 8.47. The van der Waals surface area contributed by atoms with Crippen molar-refractivity contribution >= 4 is 23.0 Å². The molecule has 0 saturated heterocycles. The van der Waals surface area contributed by atoms with Crippen molar-refractivity contribution in [2.24, 2.45) is 5.73 Å². The van der Waals surface area contributed by atoms with Crippen molar-refractivity contribution in [3.63, 3.8) is 0 Å². The minimum Gasteiger partial charge on any atom is -0.497 e. The minimum absolute atomic E-state index is 0.341. The van der Waals surface area contributed by atoms with Crippen LogP contribution in [0, 0.1) is 0 Å². The van der Waals surface area contributed by atoms with Crippen molar-refractivity contribution in [2.75, 3.05) is 19.1 Å². The van der Waals surface area contributed by atoms with Gasteiger partial charge in [0.2, 0.25) is 0 Å². The molecule has 0 heterocycles. The van der Waals surface area contributed by atoms with Gasteiger partial charge >= 0.3 is 0 Å². The van der Waals surface area contributed by atoms with Crippen LogP contribution >= 0.6 is 12.2 Å². The summed E-state index contributed by atoms with van der Waals surface area (Å²) in [6.07, 6.45) is 0. The van der Waals surface area contributed by atoms with Crippen LogP contribution in [0.25, 0.3) is 0 Å². The Balaban J connectivity index is 2.94. The highest BCUT2D eigenvalue weighted by Crippen LogP contribution is 2.19. The Morgan fingerprint density at radius 2 is 2.23 bits per heavy atom. The summed E-state index contributed by atoms with van der Waals surface area (Å²) in [4.78, 5) is 1.72. The number of hydrogen-bond acceptors (Lipinski definition) is 2. The molecule has 0 atom stereocenters. The van der Waals surface area contributed by atoms with Crippen molar-refractivity contribution in [3.8, 4) is 5.75 Å². The smallest absolute Gasteiger partial charge is 0.170 e. The van der Waals surface area contributed by atoms with Crippen molar-refractivity contribution in [1.29, 1.82) is 0 Å². The van der Waals surface area contributed by atoms with Gasteiger partial charge in [0.15, 0.2) is 5.11 Å². The van der Waals surface area contributed by atoms with E-state index in [0.29, 0.717) is 5.11 Å². The van der Waals surface area contributed by atoms with Gasteiger partial charge in [-0.25, -0.2) is 0 Å². The molecule has 1 aromatic rings. The third-order valence-corrected chi connectivity index (χ3v) is 2.05. The van der Waals surface area contributed by atoms with Crippen molar-refractivity contribution < 1.29 is 4.74 Å². The van der Waals surface area contributed by atoms with Gasteiger partial charge in [0.25, 0.3) is 0 Å². The van der Waals surface area contributed by atoms with Gasteiger partial charge in [-0.3, -0.25) is 0 Å². The van der Waals surface area contributed by atoms with Crippen LogP contribution in [0.4, 0.5) is 5.69 Å². The summed E-state index contributed by atoms with van der Waals surface area (Å²) in [7, 11) is 3.44. The Kier molecular flexibility index (Phi) is 3.08. The zero-order valence-electron chi connectivity index (χ0n) is 7.65. The van der Waals surface area contributed by atoms with Gasteiger partial charge in [-0.15, -0.1) is 0 Å². The molecule has 0 amide bonds. The van der Waals surface area contributed by atoms with Crippen LogP contribution in [0.1, 0.15) is 0 Å². The second-order valence-electron chi connectivity index (χ2n) is 2.60. The Hall–Kier alpha value is -1.29. The predicted molar refractivity (Wildman–Crippen MR) is 58.2 cm³/mol. The van der Waals surface area contributed by atoms with Crippen LogP contribution < -0.4 is 15.4 Å². The summed E-state index contributed by atoms with van der Waals surface area (Å²) >= 11 is 4.84. The number of nitrogens with two attached hydrogens (primary N) is 1. The van der Waals surface area contributed by atoms with E-state index < -0.39 is 0 Å². The van der Waals surface area contributed by atoms with Crippen LogP contribution in [-0.2, 0) is 0 Å². The summed E-state index contributed by atoms with van der Waals surface area (Å²) < 4.78 is 5.07. The first-order valence-electron chi connectivity index (χ1n) is 3.82. The quantitative estimate of drug-likeness (QED) is 0.725. The summed E-state index contributed by atoms with van der Waals surface area (Å²) in [5.41, 5.74) is 6.40. The molecular weight excluding hydrogens is 184 g/mol. The monoisotopic (exact) mass is 196 g/mol. The molecule has 0 fully saturated rings. The number of benzene rings is 1. The van der Waals surface area contributed by atoms with Gasteiger partial charge in [-0.2, -0.15) is 0 Å². The van der Waals surface area contributed by atoms with E-state index in [1.807, 2.05) is 31.3 Å². The highest BCUT2D eigenvalue weighted by molar-refractivity contribution is 7.80. The van der Waals surface area contributed by atoms with E-state index in [2.05, 4.69) is 0 Å². The Morgan fingerprint density at radius 3 is 2.77 bits per heavy atom. The van der Waals surface area contributed by atoms with Gasteiger partial charge in [0.1, 0.15) is 5.75 Å². The fourth-order valence-electron chi connectivity index (χ4n) is 0.946. The summed E-state index contributed by atoms with van der Waals surface area (Å²) in [5.74, 6) is 0.792. The lowest BCUT2D eigenvalue weighted by Gasteiger charge is -2.17. The lowest BCUT2D eigenvalue weighted by atomic mass is 10.3. The molecule has 3 nitrogen and oxygen atoms in total. The number of methoxy groups -OCH3 is 1. The van der Waals surface area contributed by atoms with Crippen molar-refractivity contribution in [3.05, 3.63) is 24.3 Å². The number of rotatable bonds is 2. The molecule has 0 saturated carbocycles. The SMILES string of the molecule is COc1cccc(N(C)C(N)=S)c1. The Bertz CT molecular complexity index is 314. The van der Waals surface area contributed by atoms with Crippen LogP contribution in [0.3, 0.4) is 0 Å². The molecule has 2 N–H and O–H groups in total. The molecule has 0 radical (unpaired) electrons. The van der Waals surface area contributed by atoms with Crippen molar-refractivity contribution in [1.82, 2.24) is 0 Å². The summed E-state index contributed by atoms with van der Waals surface area (Å²) in [5, 5.41) is 0.341. The molecule has 0 aromatic heterocycles. The van der Waals surface area contributed by atoms with E-state index in [-0.39, 0.29) is 0 Å². The van der Waals surface area contributed by atoms with Gasteiger partial charge < -0.3 is 15.4 Å². The van der Waals surface area contributed by atoms with E-state index in [1.54, 1.807) is 12.0 Å². The molecule has 0 aliphatic rings. The fraction of sp³-hybridized carbons (Fsp3) is 0.222. The minimum atomic E-state index is 0.341. The normalized spacial score (nSPS) is 9.38. The third-order valence-electron chi connectivity index (χ3n) is 1.77. The first kappa shape index (κ1) is 9.80. The maximum Gasteiger partial charge on any atom is 0.170 e. The Labute approximate surface area is 83.1 Å². The number of anilines is 1. The summed E-state index contributed by atoms with van der Waals surface area (Å²) in [6.45, 7) is 0. The molecule has 0 aliphatic heterocycles. The average molecular weight is 196 g/mol. The third kappa shape index (κ3) is 2.32. The number of thiocarbonyl (C=S) groups is 1. The molecule has 0 bridgehead atoms. The molecule has 1 rings (SSSR count). The van der Waals surface area contributed by atoms with Crippen LogP contribution in [0.15, 0.2) is 24.3 Å². The molecular formula is C9H12N2OS. The van der Waals surface area contributed by atoms with Crippen molar-refractivity contribution in [2.45, 2.75) is 0 Å². The lowest BCUT2D eigenvalue weighted by molar-refractivity contribution is 0.415. The number of ether oxygens (including phenoxy) is 1. The predicted octanol–water partition coefficient (Wildman–Crippen LogP) is 1.38. The highest BCUT2D eigenvalue weighted by Gasteiger charge is 2.03. The van der Waals surface area contributed by atoms with E-state index in [4.69, 9.17) is 22.7 Å². The van der Waals surface area contributed by atoms with E-state index >= 15 is 0 Å². The largest absolute Gasteiger partial charge is 0.497 e. The Morgan fingerprint density at radius 1 is 1.54 bits per heavy atom. The van der Waals surface area contributed by atoms with E-state index in [9.17, 15) is 0 Å². The molecule has 0 spiro atoms. The highest BCUT2D eigenvalue weighted by atomic mass is 32.1. The van der Waals surface area contributed by atoms with Gasteiger partial charge in [-0.05, 0) is 24.4 Å². The molecule has 0 aliphatic carbocycles. The van der Waals surface area contributed by atoms with E-state index in [0.717, 1.165) is 11.4 Å². The molecule has 0 unspecified atom stereocenters. The van der Waals surface area contributed by atoms with Crippen LogP contribution in [-0.4, -0.2) is 19.3 Å². The summed E-state index contributed by atoms with van der Waals surface area (Å²) in [6, 6.07) is 7.56. The second kappa shape index (κ2) is 4.09. The van der Waals surface area contributed by atoms with E-state index in [1.165, 1.54) is 0 Å². The fourth-order valence-corrected chi connectivity index (χ4v) is 1.05. The van der Waals surface area contributed by atoms with Crippen LogP contribution in [0.5, 0.6) is 5.75 Å². The maximum absolute atomic E-state index is 5.48. The lowest BCUT2D eigenvalue weighted by Crippen LogP contribution is -2.31. The molecule has 70 valence electrons. The van der Waals surface area contributed by atoms with Gasteiger partial charge in [0.05, 0.1) is 7.11 Å². The first-order valence-corrected chi connectivity index (χ1v) is 4.23. The standard InChI is InChI=1S/C9H12N2OS/c1-11(9(10)13)7-4-3-5-8(6-7)12-2/h3-6H,1-2H3,(H2,10,13). The topological polar surface area (TPSA) is 38.5 Å². The molecule has 13 heavy (non-hydrogen) atoms.